The summed E-state index contributed by atoms with van der Waals surface area (Å²) in [4.78, 5) is 24.8. The maximum atomic E-state index is 12.6. The van der Waals surface area contributed by atoms with Crippen molar-refractivity contribution in [2.45, 2.75) is 27.2 Å². The molecule has 146 valence electrons. The lowest BCUT2D eigenvalue weighted by Gasteiger charge is -2.11. The number of hydrogen-bond acceptors (Lipinski definition) is 6. The third-order valence-corrected chi connectivity index (χ3v) is 4.71. The van der Waals surface area contributed by atoms with Gasteiger partial charge in [-0.25, -0.2) is 4.79 Å². The van der Waals surface area contributed by atoms with E-state index in [0.29, 0.717) is 34.0 Å². The van der Waals surface area contributed by atoms with Crippen LogP contribution in [0.15, 0.2) is 23.6 Å². The number of esters is 1. The summed E-state index contributed by atoms with van der Waals surface area (Å²) in [6.07, 6.45) is 0.381. The molecule has 0 saturated carbocycles. The molecule has 0 aliphatic heterocycles. The van der Waals surface area contributed by atoms with E-state index in [1.165, 1.54) is 11.3 Å². The minimum Gasteiger partial charge on any atom is -0.493 e. The van der Waals surface area contributed by atoms with Crippen LogP contribution in [0.4, 0.5) is 5.00 Å². The number of carbonyl (C=O) groups excluding carboxylic acids is 2. The van der Waals surface area contributed by atoms with Crippen molar-refractivity contribution in [2.75, 3.05) is 26.1 Å². The van der Waals surface area contributed by atoms with Crippen LogP contribution in [0, 0.1) is 5.92 Å². The number of anilines is 1. The maximum absolute atomic E-state index is 12.6. The molecule has 0 atom stereocenters. The number of rotatable bonds is 8. The van der Waals surface area contributed by atoms with Crippen molar-refractivity contribution < 1.29 is 23.8 Å². The van der Waals surface area contributed by atoms with Crippen molar-refractivity contribution in [1.29, 1.82) is 0 Å². The van der Waals surface area contributed by atoms with Crippen LogP contribution in [0.5, 0.6) is 11.5 Å². The van der Waals surface area contributed by atoms with Gasteiger partial charge in [0.1, 0.15) is 10.6 Å². The molecule has 2 aromatic rings. The van der Waals surface area contributed by atoms with Crippen LogP contribution in [-0.2, 0) is 9.53 Å². The Labute approximate surface area is 163 Å². The molecule has 1 aromatic heterocycles. The van der Waals surface area contributed by atoms with Gasteiger partial charge in [-0.05, 0) is 30.5 Å². The number of ether oxygens (including phenoxy) is 3. The fraction of sp³-hybridized carbons (Fsp3) is 0.400. The van der Waals surface area contributed by atoms with Crippen molar-refractivity contribution >= 4 is 28.2 Å². The van der Waals surface area contributed by atoms with Crippen LogP contribution in [0.2, 0.25) is 0 Å². The van der Waals surface area contributed by atoms with E-state index < -0.39 is 5.97 Å². The zero-order valence-electron chi connectivity index (χ0n) is 16.3. The molecule has 0 radical (unpaired) electrons. The highest BCUT2D eigenvalue weighted by Crippen LogP contribution is 2.39. The van der Waals surface area contributed by atoms with Gasteiger partial charge < -0.3 is 19.5 Å². The summed E-state index contributed by atoms with van der Waals surface area (Å²) in [5.74, 6) is 0.780. The van der Waals surface area contributed by atoms with E-state index in [1.54, 1.807) is 33.3 Å². The van der Waals surface area contributed by atoms with E-state index in [-0.39, 0.29) is 18.4 Å². The predicted octanol–water partition coefficient (Wildman–Crippen LogP) is 4.59. The van der Waals surface area contributed by atoms with Crippen LogP contribution >= 0.6 is 11.3 Å². The fourth-order valence-electron chi connectivity index (χ4n) is 2.62. The normalized spacial score (nSPS) is 10.6. The van der Waals surface area contributed by atoms with E-state index in [9.17, 15) is 9.59 Å². The Hall–Kier alpha value is -2.54. The highest BCUT2D eigenvalue weighted by Gasteiger charge is 2.23. The van der Waals surface area contributed by atoms with Crippen LogP contribution in [0.25, 0.3) is 11.1 Å². The molecule has 0 saturated heterocycles. The number of nitrogens with one attached hydrogen (secondary N) is 1. The molecule has 2 rings (SSSR count). The fourth-order valence-corrected chi connectivity index (χ4v) is 3.59. The van der Waals surface area contributed by atoms with Gasteiger partial charge in [0.2, 0.25) is 5.91 Å². The average Bonchev–Trinajstić information content (AvgIpc) is 3.04. The van der Waals surface area contributed by atoms with Gasteiger partial charge in [0.25, 0.3) is 0 Å². The zero-order chi connectivity index (χ0) is 20.0. The first-order valence-corrected chi connectivity index (χ1v) is 9.60. The van der Waals surface area contributed by atoms with Gasteiger partial charge in [-0.2, -0.15) is 0 Å². The minimum absolute atomic E-state index is 0.128. The zero-order valence-corrected chi connectivity index (χ0v) is 17.1. The summed E-state index contributed by atoms with van der Waals surface area (Å²) in [5, 5.41) is 5.17. The molecule has 0 unspecified atom stereocenters. The van der Waals surface area contributed by atoms with Gasteiger partial charge in [0.15, 0.2) is 11.5 Å². The third kappa shape index (κ3) is 5.01. The van der Waals surface area contributed by atoms with Crippen molar-refractivity contribution in [3.63, 3.8) is 0 Å². The van der Waals surface area contributed by atoms with Crippen LogP contribution in [0.3, 0.4) is 0 Å². The lowest BCUT2D eigenvalue weighted by molar-refractivity contribution is -0.116. The molecule has 0 aliphatic rings. The van der Waals surface area contributed by atoms with Crippen LogP contribution in [0.1, 0.15) is 37.6 Å². The molecule has 0 spiro atoms. The minimum atomic E-state index is -0.469. The van der Waals surface area contributed by atoms with Gasteiger partial charge in [0, 0.05) is 17.4 Å². The van der Waals surface area contributed by atoms with E-state index in [0.717, 1.165) is 5.56 Å². The highest BCUT2D eigenvalue weighted by atomic mass is 32.1. The predicted molar refractivity (Wildman–Crippen MR) is 107 cm³/mol. The Morgan fingerprint density at radius 2 is 1.85 bits per heavy atom. The summed E-state index contributed by atoms with van der Waals surface area (Å²) in [7, 11) is 3.12. The Morgan fingerprint density at radius 1 is 1.15 bits per heavy atom. The van der Waals surface area contributed by atoms with E-state index in [4.69, 9.17) is 14.2 Å². The first kappa shape index (κ1) is 20.8. The summed E-state index contributed by atoms with van der Waals surface area (Å²) in [6, 6.07) is 5.41. The Balaban J connectivity index is 2.47. The lowest BCUT2D eigenvalue weighted by Crippen LogP contribution is -2.16. The second-order valence-corrected chi connectivity index (χ2v) is 7.17. The Bertz CT molecular complexity index is 813. The van der Waals surface area contributed by atoms with E-state index in [2.05, 4.69) is 5.32 Å². The van der Waals surface area contributed by atoms with E-state index in [1.807, 2.05) is 25.3 Å². The smallest absolute Gasteiger partial charge is 0.341 e. The molecule has 0 aliphatic carbocycles. The van der Waals surface area contributed by atoms with Gasteiger partial charge >= 0.3 is 5.97 Å². The first-order chi connectivity index (χ1) is 12.9. The van der Waals surface area contributed by atoms with Crippen molar-refractivity contribution in [1.82, 2.24) is 0 Å². The quantitative estimate of drug-likeness (QED) is 0.666. The third-order valence-electron chi connectivity index (χ3n) is 3.81. The largest absolute Gasteiger partial charge is 0.493 e. The molecular weight excluding hydrogens is 366 g/mol. The van der Waals surface area contributed by atoms with Crippen molar-refractivity contribution in [3.05, 3.63) is 29.1 Å². The summed E-state index contributed by atoms with van der Waals surface area (Å²) in [6.45, 7) is 5.93. The van der Waals surface area contributed by atoms with Gasteiger partial charge in [-0.3, -0.25) is 4.79 Å². The van der Waals surface area contributed by atoms with Crippen molar-refractivity contribution in [2.24, 2.45) is 5.92 Å². The van der Waals surface area contributed by atoms with E-state index >= 15 is 0 Å². The first-order valence-electron chi connectivity index (χ1n) is 8.72. The SMILES string of the molecule is CCOC(=O)c1c(-c2ccc(OC)c(OC)c2)csc1NC(=O)CC(C)C. The summed E-state index contributed by atoms with van der Waals surface area (Å²) < 4.78 is 15.8. The standard InChI is InChI=1S/C20H25NO5S/c1-6-26-20(23)18-14(11-27-19(18)21-17(22)9-12(2)3)13-7-8-15(24-4)16(10-13)25-5/h7-8,10-12H,6,9H2,1-5H3,(H,21,22). The number of methoxy groups -OCH3 is 2. The number of carbonyl (C=O) groups is 2. The molecule has 1 amide bonds. The Morgan fingerprint density at radius 3 is 2.44 bits per heavy atom. The highest BCUT2D eigenvalue weighted by molar-refractivity contribution is 7.15. The second-order valence-electron chi connectivity index (χ2n) is 6.29. The summed E-state index contributed by atoms with van der Waals surface area (Å²) in [5.41, 5.74) is 1.81. The average molecular weight is 391 g/mol. The molecule has 6 nitrogen and oxygen atoms in total. The molecule has 1 heterocycles. The lowest BCUT2D eigenvalue weighted by atomic mass is 10.0. The number of hydrogen-bond donors (Lipinski definition) is 1. The van der Waals surface area contributed by atoms with Gasteiger partial charge in [-0.1, -0.05) is 19.9 Å². The molecule has 1 aromatic carbocycles. The number of amides is 1. The summed E-state index contributed by atoms with van der Waals surface area (Å²) >= 11 is 1.30. The van der Waals surface area contributed by atoms with Crippen LogP contribution < -0.4 is 14.8 Å². The molecule has 7 heteroatoms. The van der Waals surface area contributed by atoms with Crippen LogP contribution in [-0.4, -0.2) is 32.7 Å². The van der Waals surface area contributed by atoms with Gasteiger partial charge in [-0.15, -0.1) is 11.3 Å². The number of benzene rings is 1. The molecule has 0 fully saturated rings. The van der Waals surface area contributed by atoms with Crippen molar-refractivity contribution in [3.8, 4) is 22.6 Å². The molecule has 27 heavy (non-hydrogen) atoms. The molecule has 1 N–H and O–H groups in total. The molecular formula is C20H25NO5S. The number of thiophene rings is 1. The maximum Gasteiger partial charge on any atom is 0.341 e. The Kier molecular flexibility index (Phi) is 7.24. The van der Waals surface area contributed by atoms with Gasteiger partial charge in [0.05, 0.1) is 20.8 Å². The topological polar surface area (TPSA) is 73.9 Å². The monoisotopic (exact) mass is 391 g/mol. The second kappa shape index (κ2) is 9.41. The molecule has 0 bridgehead atoms.